The van der Waals surface area contributed by atoms with Crippen molar-refractivity contribution in [3.63, 3.8) is 0 Å². The van der Waals surface area contributed by atoms with E-state index in [4.69, 9.17) is 4.74 Å². The minimum Gasteiger partial charge on any atom is -0.450 e. The lowest BCUT2D eigenvalue weighted by atomic mass is 9.41. The Hall–Kier alpha value is -0.860. The van der Waals surface area contributed by atoms with Gasteiger partial charge in [0.05, 0.1) is 30.3 Å². The summed E-state index contributed by atoms with van der Waals surface area (Å²) < 4.78 is 28.8. The van der Waals surface area contributed by atoms with Gasteiger partial charge in [0.25, 0.3) is 0 Å². The highest BCUT2D eigenvalue weighted by atomic mass is 32.2. The number of ether oxygens (including phenoxy) is 1. The molecule has 4 aliphatic carbocycles. The molecule has 8 heteroatoms. The highest BCUT2D eigenvalue weighted by molar-refractivity contribution is 7.91. The average Bonchev–Trinajstić information content (AvgIpc) is 3.24. The molecule has 1 unspecified atom stereocenters. The number of sulfone groups is 1. The molecule has 5 aliphatic rings. The van der Waals surface area contributed by atoms with Gasteiger partial charge in [-0.05, 0) is 116 Å². The summed E-state index contributed by atoms with van der Waals surface area (Å²) in [5.41, 5.74) is 0.422. The zero-order valence-corrected chi connectivity index (χ0v) is 25.4. The fraction of sp³-hybridized carbons (Fsp3) is 0.968. The molecular formula is C31H53NO6S. The Bertz CT molecular complexity index is 989. The number of aliphatic hydroxyl groups is 2. The maximum absolute atomic E-state index is 12.4. The fourth-order valence-electron chi connectivity index (χ4n) is 10.7. The summed E-state index contributed by atoms with van der Waals surface area (Å²) in [5, 5.41) is 25.2. The van der Waals surface area contributed by atoms with Crippen LogP contribution in [0.15, 0.2) is 0 Å². The van der Waals surface area contributed by atoms with Crippen molar-refractivity contribution in [3.8, 4) is 0 Å². The van der Waals surface area contributed by atoms with E-state index in [1.54, 1.807) is 0 Å². The zero-order valence-electron chi connectivity index (χ0n) is 24.6. The third-order valence-corrected chi connectivity index (χ3v) is 14.5. The number of hydrogen-bond donors (Lipinski definition) is 3. The number of alkyl carbamates (subject to hydrolysis) is 1. The Morgan fingerprint density at radius 1 is 0.974 bits per heavy atom. The summed E-state index contributed by atoms with van der Waals surface area (Å²) in [6.45, 7) is 9.89. The first kappa shape index (κ1) is 29.6. The van der Waals surface area contributed by atoms with Crippen LogP contribution in [0.4, 0.5) is 4.79 Å². The van der Waals surface area contributed by atoms with Crippen molar-refractivity contribution in [3.05, 3.63) is 0 Å². The van der Waals surface area contributed by atoms with Crippen LogP contribution in [0.5, 0.6) is 0 Å². The summed E-state index contributed by atoms with van der Waals surface area (Å²) in [4.78, 5) is 12.4. The lowest BCUT2D eigenvalue weighted by Crippen LogP contribution is -2.62. The molecule has 1 aliphatic heterocycles. The molecule has 1 heterocycles. The summed E-state index contributed by atoms with van der Waals surface area (Å²) >= 11 is 0. The van der Waals surface area contributed by atoms with Crippen LogP contribution in [-0.4, -0.2) is 61.1 Å². The quantitative estimate of drug-likeness (QED) is 0.419. The highest BCUT2D eigenvalue weighted by Crippen LogP contribution is 2.69. The molecule has 39 heavy (non-hydrogen) atoms. The van der Waals surface area contributed by atoms with Gasteiger partial charge < -0.3 is 20.3 Å². The number of rotatable bonds is 6. The topological polar surface area (TPSA) is 113 Å². The second-order valence-corrected chi connectivity index (χ2v) is 16.9. The fourth-order valence-corrected chi connectivity index (χ4v) is 12.2. The molecule has 7 nitrogen and oxygen atoms in total. The average molecular weight is 568 g/mol. The van der Waals surface area contributed by atoms with Crippen molar-refractivity contribution < 1.29 is 28.2 Å². The van der Waals surface area contributed by atoms with Crippen molar-refractivity contribution in [2.24, 2.45) is 52.3 Å². The first-order valence-corrected chi connectivity index (χ1v) is 17.7. The van der Waals surface area contributed by atoms with E-state index in [0.717, 1.165) is 32.1 Å². The second kappa shape index (κ2) is 11.1. The normalized spacial score (nSPS) is 46.4. The summed E-state index contributed by atoms with van der Waals surface area (Å²) in [5.74, 6) is 3.38. The highest BCUT2D eigenvalue weighted by Gasteiger charge is 2.64. The van der Waals surface area contributed by atoms with Gasteiger partial charge >= 0.3 is 6.09 Å². The molecule has 0 spiro atoms. The Labute approximate surface area is 236 Å². The number of carbonyl (C=O) groups is 1. The van der Waals surface area contributed by atoms with Crippen LogP contribution in [0.3, 0.4) is 0 Å². The number of hydrogen-bond acceptors (Lipinski definition) is 6. The van der Waals surface area contributed by atoms with Crippen molar-refractivity contribution >= 4 is 15.9 Å². The molecular weight excluding hydrogens is 514 g/mol. The Morgan fingerprint density at radius 2 is 1.64 bits per heavy atom. The van der Waals surface area contributed by atoms with E-state index in [1.165, 1.54) is 25.7 Å². The molecule has 5 rings (SSSR count). The van der Waals surface area contributed by atoms with Crippen LogP contribution >= 0.6 is 0 Å². The van der Waals surface area contributed by atoms with Crippen LogP contribution in [0.2, 0.25) is 0 Å². The van der Waals surface area contributed by atoms with Gasteiger partial charge in [0.15, 0.2) is 0 Å². The van der Waals surface area contributed by atoms with Gasteiger partial charge in [-0.2, -0.15) is 0 Å². The van der Waals surface area contributed by atoms with Crippen molar-refractivity contribution in [2.45, 2.75) is 117 Å². The first-order valence-electron chi connectivity index (χ1n) is 15.9. The molecule has 5 fully saturated rings. The molecule has 1 amide bonds. The third kappa shape index (κ3) is 5.40. The number of carbonyl (C=O) groups excluding carboxylic acids is 1. The summed E-state index contributed by atoms with van der Waals surface area (Å²) in [6, 6.07) is -0.120. The van der Waals surface area contributed by atoms with E-state index in [1.807, 2.05) is 0 Å². The molecule has 0 aromatic rings. The molecule has 0 bridgehead atoms. The standard InChI is InChI=1S/C31H53NO6S/c1-5-22-26-18-21(33)8-13-31(26,4)25-9-14-30(3)23(6-7-24(30)27(25)28(22)34)19(2)10-15-38-29(35)32-20-11-16-39(36,37)17-12-20/h19-28,33-34H,5-18H2,1-4H3,(H,32,35)/t19-,21-,22-,23?,24+,25+,26+,27+,28-,30-,31-/m1/s1. The third-order valence-electron chi connectivity index (χ3n) is 12.8. The van der Waals surface area contributed by atoms with Gasteiger partial charge in [-0.3, -0.25) is 0 Å². The van der Waals surface area contributed by atoms with Crippen LogP contribution < -0.4 is 5.32 Å². The molecule has 4 saturated carbocycles. The largest absolute Gasteiger partial charge is 0.450 e. The lowest BCUT2D eigenvalue weighted by Gasteiger charge is -2.64. The minimum absolute atomic E-state index is 0.120. The van der Waals surface area contributed by atoms with E-state index in [2.05, 4.69) is 33.0 Å². The maximum Gasteiger partial charge on any atom is 0.407 e. The van der Waals surface area contributed by atoms with Crippen LogP contribution in [0, 0.1) is 52.3 Å². The van der Waals surface area contributed by atoms with E-state index < -0.39 is 15.9 Å². The van der Waals surface area contributed by atoms with Crippen molar-refractivity contribution in [1.29, 1.82) is 0 Å². The Kier molecular flexibility index (Phi) is 8.42. The lowest BCUT2D eigenvalue weighted by molar-refractivity contribution is -0.203. The SMILES string of the molecule is CC[C@H]1[C@@H](O)[C@@H]2[C@H](CC[C@]3(C)C([C@H](C)CCOC(=O)NC4CCS(=O)(=O)CC4)CC[C@@H]23)[C@@]2(C)CC[C@@H](O)C[C@@H]12. The smallest absolute Gasteiger partial charge is 0.407 e. The number of nitrogens with one attached hydrogen (secondary N) is 1. The second-order valence-electron chi connectivity index (χ2n) is 14.6. The molecule has 0 radical (unpaired) electrons. The molecule has 1 saturated heterocycles. The zero-order chi connectivity index (χ0) is 28.2. The first-order chi connectivity index (χ1) is 18.4. The van der Waals surface area contributed by atoms with Gasteiger partial charge in [-0.1, -0.05) is 34.1 Å². The van der Waals surface area contributed by atoms with Gasteiger partial charge in [-0.15, -0.1) is 0 Å². The molecule has 11 atom stereocenters. The van der Waals surface area contributed by atoms with Gasteiger partial charge in [0, 0.05) is 6.04 Å². The van der Waals surface area contributed by atoms with Crippen LogP contribution in [-0.2, 0) is 14.6 Å². The predicted molar refractivity (Wildman–Crippen MR) is 152 cm³/mol. The van der Waals surface area contributed by atoms with Crippen molar-refractivity contribution in [2.75, 3.05) is 18.1 Å². The Balaban J connectivity index is 1.19. The van der Waals surface area contributed by atoms with E-state index >= 15 is 0 Å². The van der Waals surface area contributed by atoms with E-state index in [0.29, 0.717) is 55.0 Å². The molecule has 224 valence electrons. The predicted octanol–water partition coefficient (Wildman–Crippen LogP) is 4.94. The summed E-state index contributed by atoms with van der Waals surface area (Å²) in [6.07, 6.45) is 9.38. The molecule has 3 N–H and O–H groups in total. The van der Waals surface area contributed by atoms with E-state index in [9.17, 15) is 23.4 Å². The van der Waals surface area contributed by atoms with Gasteiger partial charge in [0.1, 0.15) is 9.84 Å². The number of amides is 1. The Morgan fingerprint density at radius 3 is 2.33 bits per heavy atom. The van der Waals surface area contributed by atoms with Gasteiger partial charge in [-0.25, -0.2) is 13.2 Å². The summed E-state index contributed by atoms with van der Waals surface area (Å²) in [7, 11) is -2.95. The van der Waals surface area contributed by atoms with Crippen LogP contribution in [0.25, 0.3) is 0 Å². The van der Waals surface area contributed by atoms with Crippen LogP contribution in [0.1, 0.15) is 98.3 Å². The van der Waals surface area contributed by atoms with Gasteiger partial charge in [0.2, 0.25) is 0 Å². The minimum atomic E-state index is -2.95. The monoisotopic (exact) mass is 567 g/mol. The van der Waals surface area contributed by atoms with Crippen molar-refractivity contribution in [1.82, 2.24) is 5.32 Å². The van der Waals surface area contributed by atoms with E-state index in [-0.39, 0.29) is 46.5 Å². The number of aliphatic hydroxyl groups excluding tert-OH is 2. The number of fused-ring (bicyclic) bond motifs is 5. The molecule has 0 aromatic carbocycles. The molecule has 0 aromatic heterocycles. The maximum atomic E-state index is 12.4.